The summed E-state index contributed by atoms with van der Waals surface area (Å²) in [5.74, 6) is 1.18. The van der Waals surface area contributed by atoms with Crippen LogP contribution in [0.4, 0.5) is 13.2 Å². The van der Waals surface area contributed by atoms with Crippen LogP contribution in [0.2, 0.25) is 0 Å². The van der Waals surface area contributed by atoms with Crippen molar-refractivity contribution >= 4 is 0 Å². The van der Waals surface area contributed by atoms with E-state index in [1.807, 2.05) is 0 Å². The van der Waals surface area contributed by atoms with Crippen LogP contribution in [0.5, 0.6) is 0 Å². The molecule has 2 rings (SSSR count). The molecular formula is C15H27F3N2. The van der Waals surface area contributed by atoms with E-state index in [0.717, 1.165) is 13.1 Å². The topological polar surface area (TPSA) is 15.3 Å². The Morgan fingerprint density at radius 1 is 1.30 bits per heavy atom. The monoisotopic (exact) mass is 292 g/mol. The summed E-state index contributed by atoms with van der Waals surface area (Å²) in [7, 11) is 0. The normalized spacial score (nSPS) is 32.9. The summed E-state index contributed by atoms with van der Waals surface area (Å²) in [6, 6.07) is 0.357. The van der Waals surface area contributed by atoms with Gasteiger partial charge in [-0.05, 0) is 44.6 Å². The third-order valence-corrected chi connectivity index (χ3v) is 4.87. The largest absolute Gasteiger partial charge is 0.389 e. The van der Waals surface area contributed by atoms with Gasteiger partial charge in [-0.15, -0.1) is 0 Å². The standard InChI is InChI=1S/C15H27F3N2/c1-11(2)13-9-19-14(3,12-5-6-12)10-20(13)8-4-7-15(16,17)18/h11-13,19H,4-10H2,1-3H3. The molecule has 5 heteroatoms. The zero-order valence-corrected chi connectivity index (χ0v) is 12.8. The molecule has 2 fully saturated rings. The molecular weight excluding hydrogens is 265 g/mol. The first-order chi connectivity index (χ1) is 9.21. The first-order valence-electron chi connectivity index (χ1n) is 7.77. The van der Waals surface area contributed by atoms with Gasteiger partial charge in [0.15, 0.2) is 0 Å². The molecule has 0 amide bonds. The summed E-state index contributed by atoms with van der Waals surface area (Å²) in [4.78, 5) is 2.30. The Bertz CT molecular complexity index is 326. The minimum absolute atomic E-state index is 0.101. The van der Waals surface area contributed by atoms with Crippen LogP contribution in [0, 0.1) is 11.8 Å². The van der Waals surface area contributed by atoms with E-state index in [1.54, 1.807) is 0 Å². The molecule has 0 spiro atoms. The Labute approximate surface area is 120 Å². The molecule has 0 aromatic carbocycles. The van der Waals surface area contributed by atoms with E-state index >= 15 is 0 Å². The molecule has 0 radical (unpaired) electrons. The quantitative estimate of drug-likeness (QED) is 0.835. The predicted octanol–water partition coefficient (Wildman–Crippen LogP) is 3.43. The van der Waals surface area contributed by atoms with Crippen molar-refractivity contribution in [3.05, 3.63) is 0 Å². The van der Waals surface area contributed by atoms with Crippen molar-refractivity contribution in [2.45, 2.75) is 64.2 Å². The number of rotatable bonds is 5. The molecule has 2 nitrogen and oxygen atoms in total. The average Bonchev–Trinajstić information content (AvgIpc) is 3.10. The lowest BCUT2D eigenvalue weighted by molar-refractivity contribution is -0.136. The second-order valence-electron chi connectivity index (χ2n) is 7.07. The molecule has 20 heavy (non-hydrogen) atoms. The number of nitrogens with zero attached hydrogens (tertiary/aromatic N) is 1. The van der Waals surface area contributed by atoms with Gasteiger partial charge in [0.05, 0.1) is 0 Å². The minimum atomic E-state index is -4.03. The lowest BCUT2D eigenvalue weighted by Gasteiger charge is -2.48. The van der Waals surface area contributed by atoms with E-state index in [2.05, 4.69) is 31.0 Å². The molecule has 2 atom stereocenters. The Hall–Kier alpha value is -0.290. The van der Waals surface area contributed by atoms with Gasteiger partial charge in [0.25, 0.3) is 0 Å². The molecule has 2 unspecified atom stereocenters. The molecule has 2 aliphatic rings. The first-order valence-corrected chi connectivity index (χ1v) is 7.77. The third kappa shape index (κ3) is 4.10. The zero-order chi connectivity index (χ0) is 15.0. The van der Waals surface area contributed by atoms with E-state index in [4.69, 9.17) is 0 Å². The molecule has 1 saturated carbocycles. The minimum Gasteiger partial charge on any atom is -0.308 e. The number of piperazine rings is 1. The summed E-state index contributed by atoms with van der Waals surface area (Å²) in [6.45, 7) is 8.89. The molecule has 1 aliphatic heterocycles. The zero-order valence-electron chi connectivity index (χ0n) is 12.8. The molecule has 1 heterocycles. The predicted molar refractivity (Wildman–Crippen MR) is 74.6 cm³/mol. The molecule has 0 aromatic heterocycles. The summed E-state index contributed by atoms with van der Waals surface area (Å²) in [6.07, 6.45) is -1.96. The Morgan fingerprint density at radius 3 is 2.45 bits per heavy atom. The van der Waals surface area contributed by atoms with Crippen molar-refractivity contribution in [1.29, 1.82) is 0 Å². The Balaban J connectivity index is 1.92. The Kier molecular flexibility index (Phi) is 4.69. The van der Waals surface area contributed by atoms with Gasteiger partial charge >= 0.3 is 6.18 Å². The summed E-state index contributed by atoms with van der Waals surface area (Å²) in [5.41, 5.74) is 0.101. The van der Waals surface area contributed by atoms with Gasteiger partial charge in [-0.2, -0.15) is 13.2 Å². The van der Waals surface area contributed by atoms with Crippen LogP contribution in [0.15, 0.2) is 0 Å². The van der Waals surface area contributed by atoms with Crippen LogP contribution < -0.4 is 5.32 Å². The van der Waals surface area contributed by atoms with E-state index in [-0.39, 0.29) is 12.0 Å². The van der Waals surface area contributed by atoms with Crippen LogP contribution in [0.1, 0.15) is 46.5 Å². The second kappa shape index (κ2) is 5.84. The fourth-order valence-electron chi connectivity index (χ4n) is 3.44. The molecule has 118 valence electrons. The maximum absolute atomic E-state index is 12.3. The SMILES string of the molecule is CC(C)C1CNC(C)(C2CC2)CN1CCCC(F)(F)F. The van der Waals surface area contributed by atoms with Crippen LogP contribution in [-0.2, 0) is 0 Å². The second-order valence-corrected chi connectivity index (χ2v) is 7.07. The smallest absolute Gasteiger partial charge is 0.308 e. The lowest BCUT2D eigenvalue weighted by Crippen LogP contribution is -2.65. The lowest BCUT2D eigenvalue weighted by atomic mass is 9.88. The molecule has 0 bridgehead atoms. The van der Waals surface area contributed by atoms with Gasteiger partial charge in [0.1, 0.15) is 0 Å². The number of nitrogens with one attached hydrogen (secondary N) is 1. The highest BCUT2D eigenvalue weighted by molar-refractivity contribution is 5.04. The highest BCUT2D eigenvalue weighted by Crippen LogP contribution is 2.41. The van der Waals surface area contributed by atoms with Gasteiger partial charge in [0, 0.05) is 31.1 Å². The summed E-state index contributed by atoms with van der Waals surface area (Å²) >= 11 is 0. The van der Waals surface area contributed by atoms with E-state index in [1.165, 1.54) is 12.8 Å². The van der Waals surface area contributed by atoms with Gasteiger partial charge < -0.3 is 5.32 Å². The van der Waals surface area contributed by atoms with E-state index < -0.39 is 12.6 Å². The number of hydrogen-bond acceptors (Lipinski definition) is 2. The van der Waals surface area contributed by atoms with Gasteiger partial charge in [-0.25, -0.2) is 0 Å². The van der Waals surface area contributed by atoms with Crippen molar-refractivity contribution in [1.82, 2.24) is 10.2 Å². The van der Waals surface area contributed by atoms with Gasteiger partial charge in [-0.1, -0.05) is 13.8 Å². The first kappa shape index (κ1) is 16.1. The molecule has 1 saturated heterocycles. The summed E-state index contributed by atoms with van der Waals surface area (Å²) in [5, 5.41) is 3.66. The maximum Gasteiger partial charge on any atom is 0.389 e. The summed E-state index contributed by atoms with van der Waals surface area (Å²) < 4.78 is 37.0. The number of halogens is 3. The van der Waals surface area contributed by atoms with E-state index in [9.17, 15) is 13.2 Å². The number of hydrogen-bond donors (Lipinski definition) is 1. The van der Waals surface area contributed by atoms with Crippen LogP contribution in [0.25, 0.3) is 0 Å². The molecule has 1 aliphatic carbocycles. The van der Waals surface area contributed by atoms with Crippen LogP contribution in [-0.4, -0.2) is 42.3 Å². The van der Waals surface area contributed by atoms with Crippen LogP contribution in [0.3, 0.4) is 0 Å². The van der Waals surface area contributed by atoms with Crippen molar-refractivity contribution in [3.63, 3.8) is 0 Å². The van der Waals surface area contributed by atoms with Gasteiger partial charge in [-0.3, -0.25) is 4.90 Å². The number of alkyl halides is 3. The molecule has 0 aromatic rings. The highest BCUT2D eigenvalue weighted by atomic mass is 19.4. The van der Waals surface area contributed by atoms with Crippen molar-refractivity contribution in [2.24, 2.45) is 11.8 Å². The third-order valence-electron chi connectivity index (χ3n) is 4.87. The highest BCUT2D eigenvalue weighted by Gasteiger charge is 2.46. The fourth-order valence-corrected chi connectivity index (χ4v) is 3.44. The fraction of sp³-hybridized carbons (Fsp3) is 1.00. The van der Waals surface area contributed by atoms with Crippen LogP contribution >= 0.6 is 0 Å². The van der Waals surface area contributed by atoms with E-state index in [0.29, 0.717) is 24.4 Å². The maximum atomic E-state index is 12.3. The van der Waals surface area contributed by atoms with Crippen molar-refractivity contribution in [3.8, 4) is 0 Å². The average molecular weight is 292 g/mol. The molecule has 1 N–H and O–H groups in total. The van der Waals surface area contributed by atoms with Gasteiger partial charge in [0.2, 0.25) is 0 Å². The van der Waals surface area contributed by atoms with Crippen molar-refractivity contribution < 1.29 is 13.2 Å². The van der Waals surface area contributed by atoms with Crippen molar-refractivity contribution in [2.75, 3.05) is 19.6 Å². The Morgan fingerprint density at radius 2 is 1.95 bits per heavy atom.